The standard InChI is InChI=1S/C13H19NO/c1-2-10-11(4-3-5-13(10)15)12(14)8-9-6-7-9/h3-5,9,12,15H,2,6-8,14H2,1H3/t12-/m0/s1. The topological polar surface area (TPSA) is 46.2 Å². The molecule has 0 aliphatic heterocycles. The molecule has 15 heavy (non-hydrogen) atoms. The van der Waals surface area contributed by atoms with Crippen LogP contribution in [0.5, 0.6) is 5.75 Å². The zero-order valence-corrected chi connectivity index (χ0v) is 9.24. The summed E-state index contributed by atoms with van der Waals surface area (Å²) in [4.78, 5) is 0. The lowest BCUT2D eigenvalue weighted by Crippen LogP contribution is -2.13. The van der Waals surface area contributed by atoms with E-state index in [-0.39, 0.29) is 6.04 Å². The van der Waals surface area contributed by atoms with Crippen molar-refractivity contribution in [3.8, 4) is 5.75 Å². The number of aromatic hydroxyl groups is 1. The van der Waals surface area contributed by atoms with Gasteiger partial charge in [0.2, 0.25) is 0 Å². The molecule has 82 valence electrons. The van der Waals surface area contributed by atoms with Crippen molar-refractivity contribution < 1.29 is 5.11 Å². The molecule has 0 saturated heterocycles. The molecule has 1 aromatic carbocycles. The smallest absolute Gasteiger partial charge is 0.119 e. The fourth-order valence-electron chi connectivity index (χ4n) is 2.16. The van der Waals surface area contributed by atoms with Crippen LogP contribution in [0.25, 0.3) is 0 Å². The van der Waals surface area contributed by atoms with Crippen molar-refractivity contribution in [2.45, 2.75) is 38.6 Å². The third-order valence-electron chi connectivity index (χ3n) is 3.22. The summed E-state index contributed by atoms with van der Waals surface area (Å²) in [5.41, 5.74) is 8.32. The quantitative estimate of drug-likeness (QED) is 0.794. The van der Waals surface area contributed by atoms with Crippen LogP contribution >= 0.6 is 0 Å². The zero-order chi connectivity index (χ0) is 10.8. The highest BCUT2D eigenvalue weighted by atomic mass is 16.3. The number of benzene rings is 1. The monoisotopic (exact) mass is 205 g/mol. The van der Waals surface area contributed by atoms with Gasteiger partial charge in [-0.05, 0) is 36.0 Å². The van der Waals surface area contributed by atoms with Gasteiger partial charge in [0, 0.05) is 6.04 Å². The van der Waals surface area contributed by atoms with Crippen LogP contribution in [0.3, 0.4) is 0 Å². The van der Waals surface area contributed by atoms with E-state index < -0.39 is 0 Å². The summed E-state index contributed by atoms with van der Waals surface area (Å²) >= 11 is 0. The van der Waals surface area contributed by atoms with Crippen LogP contribution in [0.15, 0.2) is 18.2 Å². The van der Waals surface area contributed by atoms with Gasteiger partial charge in [-0.3, -0.25) is 0 Å². The summed E-state index contributed by atoms with van der Waals surface area (Å²) < 4.78 is 0. The molecule has 2 rings (SSSR count). The van der Waals surface area contributed by atoms with Crippen molar-refractivity contribution in [1.82, 2.24) is 0 Å². The summed E-state index contributed by atoms with van der Waals surface area (Å²) in [7, 11) is 0. The molecule has 0 bridgehead atoms. The predicted octanol–water partition coefficient (Wildman–Crippen LogP) is 2.75. The lowest BCUT2D eigenvalue weighted by atomic mass is 9.95. The molecule has 1 saturated carbocycles. The fraction of sp³-hybridized carbons (Fsp3) is 0.538. The summed E-state index contributed by atoms with van der Waals surface area (Å²) in [6.07, 6.45) is 4.57. The van der Waals surface area contributed by atoms with Crippen LogP contribution < -0.4 is 5.73 Å². The van der Waals surface area contributed by atoms with Crippen molar-refractivity contribution in [2.24, 2.45) is 11.7 Å². The molecule has 2 nitrogen and oxygen atoms in total. The number of phenolic OH excluding ortho intramolecular Hbond substituents is 1. The molecular weight excluding hydrogens is 186 g/mol. The second-order valence-electron chi connectivity index (χ2n) is 4.48. The first kappa shape index (κ1) is 10.5. The Labute approximate surface area is 91.1 Å². The van der Waals surface area contributed by atoms with Crippen molar-refractivity contribution in [3.05, 3.63) is 29.3 Å². The minimum Gasteiger partial charge on any atom is -0.508 e. The Hall–Kier alpha value is -1.02. The van der Waals surface area contributed by atoms with Crippen molar-refractivity contribution in [2.75, 3.05) is 0 Å². The Bertz CT molecular complexity index is 344. The molecule has 0 unspecified atom stereocenters. The van der Waals surface area contributed by atoms with Crippen molar-refractivity contribution in [3.63, 3.8) is 0 Å². The summed E-state index contributed by atoms with van der Waals surface area (Å²) in [5.74, 6) is 1.22. The Balaban J connectivity index is 2.20. The highest BCUT2D eigenvalue weighted by Crippen LogP contribution is 2.38. The Morgan fingerprint density at radius 3 is 2.80 bits per heavy atom. The first-order valence-electron chi connectivity index (χ1n) is 5.78. The second kappa shape index (κ2) is 4.23. The highest BCUT2D eigenvalue weighted by molar-refractivity contribution is 5.40. The van der Waals surface area contributed by atoms with Crippen LogP contribution in [-0.4, -0.2) is 5.11 Å². The van der Waals surface area contributed by atoms with Gasteiger partial charge in [-0.1, -0.05) is 31.9 Å². The fourth-order valence-corrected chi connectivity index (χ4v) is 2.16. The molecular formula is C13H19NO. The van der Waals surface area contributed by atoms with E-state index in [4.69, 9.17) is 5.73 Å². The molecule has 1 fully saturated rings. The number of hydrogen-bond donors (Lipinski definition) is 2. The Kier molecular flexibility index (Phi) is 2.96. The van der Waals surface area contributed by atoms with E-state index in [1.54, 1.807) is 6.07 Å². The predicted molar refractivity (Wildman–Crippen MR) is 61.8 cm³/mol. The van der Waals surface area contributed by atoms with Gasteiger partial charge in [0.15, 0.2) is 0 Å². The van der Waals surface area contributed by atoms with Gasteiger partial charge in [0.1, 0.15) is 5.75 Å². The second-order valence-corrected chi connectivity index (χ2v) is 4.48. The normalized spacial score (nSPS) is 17.7. The van der Waals surface area contributed by atoms with E-state index in [1.807, 2.05) is 12.1 Å². The molecule has 0 aromatic heterocycles. The van der Waals surface area contributed by atoms with E-state index in [2.05, 4.69) is 6.92 Å². The van der Waals surface area contributed by atoms with E-state index in [0.717, 1.165) is 29.9 Å². The zero-order valence-electron chi connectivity index (χ0n) is 9.24. The van der Waals surface area contributed by atoms with Gasteiger partial charge in [-0.25, -0.2) is 0 Å². The van der Waals surface area contributed by atoms with Crippen LogP contribution in [0.2, 0.25) is 0 Å². The maximum atomic E-state index is 9.73. The van der Waals surface area contributed by atoms with Crippen molar-refractivity contribution >= 4 is 0 Å². The average molecular weight is 205 g/mol. The maximum absolute atomic E-state index is 9.73. The molecule has 0 spiro atoms. The lowest BCUT2D eigenvalue weighted by Gasteiger charge is -2.16. The molecule has 3 N–H and O–H groups in total. The highest BCUT2D eigenvalue weighted by Gasteiger charge is 2.25. The number of rotatable bonds is 4. The average Bonchev–Trinajstić information content (AvgIpc) is 3.01. The Morgan fingerprint density at radius 1 is 1.47 bits per heavy atom. The van der Waals surface area contributed by atoms with Gasteiger partial charge >= 0.3 is 0 Å². The third-order valence-corrected chi connectivity index (χ3v) is 3.22. The first-order chi connectivity index (χ1) is 7.22. The van der Waals surface area contributed by atoms with E-state index in [1.165, 1.54) is 12.8 Å². The van der Waals surface area contributed by atoms with Crippen LogP contribution in [0, 0.1) is 5.92 Å². The SMILES string of the molecule is CCc1c(O)cccc1[C@@H](N)CC1CC1. The molecule has 2 heteroatoms. The summed E-state index contributed by atoms with van der Waals surface area (Å²) in [6, 6.07) is 5.77. The molecule has 1 aliphatic carbocycles. The number of nitrogens with two attached hydrogens (primary N) is 1. The van der Waals surface area contributed by atoms with Gasteiger partial charge in [0.05, 0.1) is 0 Å². The van der Waals surface area contributed by atoms with E-state index in [9.17, 15) is 5.11 Å². The minimum absolute atomic E-state index is 0.0968. The molecule has 1 atom stereocenters. The molecule has 0 amide bonds. The maximum Gasteiger partial charge on any atom is 0.119 e. The first-order valence-corrected chi connectivity index (χ1v) is 5.78. The van der Waals surface area contributed by atoms with Crippen LogP contribution in [0.4, 0.5) is 0 Å². The van der Waals surface area contributed by atoms with Gasteiger partial charge in [-0.2, -0.15) is 0 Å². The molecule has 1 aliphatic rings. The van der Waals surface area contributed by atoms with Crippen LogP contribution in [-0.2, 0) is 6.42 Å². The van der Waals surface area contributed by atoms with E-state index in [0.29, 0.717) is 5.75 Å². The summed E-state index contributed by atoms with van der Waals surface area (Å²) in [6.45, 7) is 2.06. The number of hydrogen-bond acceptors (Lipinski definition) is 2. The minimum atomic E-state index is 0.0968. The van der Waals surface area contributed by atoms with Crippen LogP contribution in [0.1, 0.15) is 43.4 Å². The lowest BCUT2D eigenvalue weighted by molar-refractivity contribution is 0.465. The molecule has 1 aromatic rings. The number of phenols is 1. The molecule has 0 heterocycles. The van der Waals surface area contributed by atoms with Crippen molar-refractivity contribution in [1.29, 1.82) is 0 Å². The Morgan fingerprint density at radius 2 is 2.20 bits per heavy atom. The van der Waals surface area contributed by atoms with E-state index >= 15 is 0 Å². The summed E-state index contributed by atoms with van der Waals surface area (Å²) in [5, 5.41) is 9.73. The van der Waals surface area contributed by atoms with Gasteiger partial charge < -0.3 is 10.8 Å². The van der Waals surface area contributed by atoms with Gasteiger partial charge in [0.25, 0.3) is 0 Å². The van der Waals surface area contributed by atoms with Gasteiger partial charge in [-0.15, -0.1) is 0 Å². The largest absolute Gasteiger partial charge is 0.508 e. The molecule has 0 radical (unpaired) electrons. The third kappa shape index (κ3) is 2.32.